The highest BCUT2D eigenvalue weighted by molar-refractivity contribution is 5.96. The third kappa shape index (κ3) is 3.37. The molecule has 0 N–H and O–H groups in total. The number of hydrogen-bond donors (Lipinski definition) is 0. The van der Waals surface area contributed by atoms with Crippen molar-refractivity contribution in [1.82, 2.24) is 9.78 Å². The van der Waals surface area contributed by atoms with Gasteiger partial charge >= 0.3 is 6.36 Å². The van der Waals surface area contributed by atoms with Crippen LogP contribution in [0.2, 0.25) is 0 Å². The van der Waals surface area contributed by atoms with Gasteiger partial charge in [-0.1, -0.05) is 12.1 Å². The first-order chi connectivity index (χ1) is 11.3. The van der Waals surface area contributed by atoms with Crippen molar-refractivity contribution in [1.29, 1.82) is 0 Å². The summed E-state index contributed by atoms with van der Waals surface area (Å²) in [4.78, 5) is 14.1. The van der Waals surface area contributed by atoms with Gasteiger partial charge in [-0.15, -0.1) is 13.2 Å². The molecule has 1 fully saturated rings. The first kappa shape index (κ1) is 16.4. The minimum Gasteiger partial charge on any atom is -0.406 e. The van der Waals surface area contributed by atoms with Crippen LogP contribution in [-0.4, -0.2) is 29.1 Å². The first-order valence-corrected chi connectivity index (χ1v) is 7.37. The quantitative estimate of drug-likeness (QED) is 0.860. The fraction of sp³-hybridized carbons (Fsp3) is 0.375. The molecule has 0 bridgehead atoms. The van der Waals surface area contributed by atoms with Gasteiger partial charge in [0.05, 0.1) is 6.20 Å². The summed E-state index contributed by atoms with van der Waals surface area (Å²) in [6.45, 7) is 0. The zero-order chi connectivity index (χ0) is 17.5. The Kier molecular flexibility index (Phi) is 3.98. The maximum absolute atomic E-state index is 12.5. The molecule has 8 heteroatoms. The number of anilines is 1. The van der Waals surface area contributed by atoms with Crippen molar-refractivity contribution in [2.75, 3.05) is 11.9 Å². The Labute approximate surface area is 136 Å². The van der Waals surface area contributed by atoms with Gasteiger partial charge in [0.2, 0.25) is 5.91 Å². The smallest absolute Gasteiger partial charge is 0.406 e. The van der Waals surface area contributed by atoms with Crippen LogP contribution >= 0.6 is 0 Å². The van der Waals surface area contributed by atoms with Crippen molar-refractivity contribution < 1.29 is 22.7 Å². The topological polar surface area (TPSA) is 47.4 Å². The van der Waals surface area contributed by atoms with Crippen molar-refractivity contribution in [2.45, 2.75) is 18.7 Å². The van der Waals surface area contributed by atoms with Crippen LogP contribution in [0.1, 0.15) is 17.9 Å². The average molecular weight is 339 g/mol. The number of carbonyl (C=O) groups is 1. The number of alkyl halides is 3. The van der Waals surface area contributed by atoms with Gasteiger partial charge in [-0.25, -0.2) is 0 Å². The lowest BCUT2D eigenvalue weighted by atomic mass is 10.1. The molecule has 128 valence electrons. The SMILES string of the molecule is CN(C(=O)[C@@H]1C[C@@H]1c1ccc(OC(F)(F)F)cc1)c1ccnn1C. The van der Waals surface area contributed by atoms with Crippen LogP contribution in [-0.2, 0) is 11.8 Å². The summed E-state index contributed by atoms with van der Waals surface area (Å²) in [5, 5.41) is 4.03. The zero-order valence-corrected chi connectivity index (χ0v) is 13.1. The van der Waals surface area contributed by atoms with Crippen LogP contribution in [0.5, 0.6) is 5.75 Å². The number of halogens is 3. The number of carbonyl (C=O) groups excluding carboxylic acids is 1. The Morgan fingerprint density at radius 3 is 2.50 bits per heavy atom. The van der Waals surface area contributed by atoms with Crippen molar-refractivity contribution in [3.8, 4) is 5.75 Å². The van der Waals surface area contributed by atoms with Gasteiger partial charge in [0.1, 0.15) is 11.6 Å². The predicted octanol–water partition coefficient (Wildman–Crippen LogP) is 3.09. The molecule has 2 atom stereocenters. The van der Waals surface area contributed by atoms with Crippen LogP contribution in [0.4, 0.5) is 19.0 Å². The summed E-state index contributed by atoms with van der Waals surface area (Å²) in [5.41, 5.74) is 0.835. The van der Waals surface area contributed by atoms with Crippen molar-refractivity contribution >= 4 is 11.7 Å². The molecule has 24 heavy (non-hydrogen) atoms. The number of hydrogen-bond acceptors (Lipinski definition) is 3. The van der Waals surface area contributed by atoms with E-state index in [-0.39, 0.29) is 23.5 Å². The van der Waals surface area contributed by atoms with E-state index in [2.05, 4.69) is 9.84 Å². The van der Waals surface area contributed by atoms with Gasteiger partial charge in [-0.05, 0) is 30.0 Å². The lowest BCUT2D eigenvalue weighted by Gasteiger charge is -2.17. The highest BCUT2D eigenvalue weighted by atomic mass is 19.4. The zero-order valence-electron chi connectivity index (χ0n) is 13.1. The van der Waals surface area contributed by atoms with E-state index in [0.29, 0.717) is 12.2 Å². The molecular formula is C16H16F3N3O2. The normalized spacial score (nSPS) is 19.9. The largest absolute Gasteiger partial charge is 0.573 e. The second kappa shape index (κ2) is 5.85. The molecule has 0 unspecified atom stereocenters. The number of nitrogens with zero attached hydrogens (tertiary/aromatic N) is 3. The Morgan fingerprint density at radius 1 is 1.29 bits per heavy atom. The molecule has 1 aliphatic rings. The maximum Gasteiger partial charge on any atom is 0.573 e. The van der Waals surface area contributed by atoms with E-state index < -0.39 is 6.36 Å². The molecular weight excluding hydrogens is 323 g/mol. The van der Waals surface area contributed by atoms with E-state index in [9.17, 15) is 18.0 Å². The molecule has 1 aliphatic carbocycles. The van der Waals surface area contributed by atoms with Gasteiger partial charge < -0.3 is 4.74 Å². The van der Waals surface area contributed by atoms with Crippen molar-refractivity contribution in [3.63, 3.8) is 0 Å². The monoisotopic (exact) mass is 339 g/mol. The molecule has 1 saturated carbocycles. The Hall–Kier alpha value is -2.51. The summed E-state index contributed by atoms with van der Waals surface area (Å²) in [5.74, 6) is 0.257. The molecule has 2 aromatic rings. The second-order valence-corrected chi connectivity index (χ2v) is 5.78. The molecule has 0 saturated heterocycles. The summed E-state index contributed by atoms with van der Waals surface area (Å²) < 4.78 is 41.9. The van der Waals surface area contributed by atoms with Gasteiger partial charge in [-0.3, -0.25) is 14.4 Å². The van der Waals surface area contributed by atoms with E-state index in [1.54, 1.807) is 48.1 Å². The fourth-order valence-electron chi connectivity index (χ4n) is 2.81. The van der Waals surface area contributed by atoms with Crippen LogP contribution < -0.4 is 9.64 Å². The molecule has 5 nitrogen and oxygen atoms in total. The molecule has 1 aromatic carbocycles. The minimum absolute atomic E-state index is 0.0214. The van der Waals surface area contributed by atoms with E-state index in [1.807, 2.05) is 0 Å². The number of ether oxygens (including phenoxy) is 1. The van der Waals surface area contributed by atoms with Crippen molar-refractivity contribution in [3.05, 3.63) is 42.1 Å². The van der Waals surface area contributed by atoms with E-state index in [4.69, 9.17) is 0 Å². The van der Waals surface area contributed by atoms with Crippen LogP contribution in [0.15, 0.2) is 36.5 Å². The molecule has 1 amide bonds. The molecule has 3 rings (SSSR count). The number of benzene rings is 1. The van der Waals surface area contributed by atoms with E-state index in [1.165, 1.54) is 12.1 Å². The summed E-state index contributed by atoms with van der Waals surface area (Å²) in [6.07, 6.45) is -2.41. The minimum atomic E-state index is -4.70. The van der Waals surface area contributed by atoms with Gasteiger partial charge in [-0.2, -0.15) is 5.10 Å². The summed E-state index contributed by atoms with van der Waals surface area (Å²) >= 11 is 0. The van der Waals surface area contributed by atoms with Crippen LogP contribution in [0.3, 0.4) is 0 Å². The van der Waals surface area contributed by atoms with E-state index >= 15 is 0 Å². The lowest BCUT2D eigenvalue weighted by Crippen LogP contribution is -2.29. The predicted molar refractivity (Wildman–Crippen MR) is 80.6 cm³/mol. The molecule has 1 heterocycles. The van der Waals surface area contributed by atoms with Crippen LogP contribution in [0.25, 0.3) is 0 Å². The maximum atomic E-state index is 12.5. The molecule has 0 radical (unpaired) electrons. The molecule has 0 aliphatic heterocycles. The molecule has 0 spiro atoms. The summed E-state index contributed by atoms with van der Waals surface area (Å²) in [6, 6.07) is 7.44. The van der Waals surface area contributed by atoms with E-state index in [0.717, 1.165) is 5.56 Å². The van der Waals surface area contributed by atoms with Gasteiger partial charge in [0, 0.05) is 26.1 Å². The summed E-state index contributed by atoms with van der Waals surface area (Å²) in [7, 11) is 3.44. The first-order valence-electron chi connectivity index (χ1n) is 7.37. The van der Waals surface area contributed by atoms with Gasteiger partial charge in [0.25, 0.3) is 0 Å². The van der Waals surface area contributed by atoms with Crippen molar-refractivity contribution in [2.24, 2.45) is 13.0 Å². The lowest BCUT2D eigenvalue weighted by molar-refractivity contribution is -0.274. The van der Waals surface area contributed by atoms with Crippen LogP contribution in [0, 0.1) is 5.92 Å². The number of rotatable bonds is 4. The number of amides is 1. The Bertz CT molecular complexity index is 740. The number of aromatic nitrogens is 2. The number of aryl methyl sites for hydroxylation is 1. The third-order valence-corrected chi connectivity index (χ3v) is 4.12. The average Bonchev–Trinajstić information content (AvgIpc) is 3.19. The highest BCUT2D eigenvalue weighted by Gasteiger charge is 2.45. The third-order valence-electron chi connectivity index (χ3n) is 4.12. The second-order valence-electron chi connectivity index (χ2n) is 5.78. The van der Waals surface area contributed by atoms with Gasteiger partial charge in [0.15, 0.2) is 0 Å². The molecule has 1 aromatic heterocycles. The Morgan fingerprint density at radius 2 is 1.96 bits per heavy atom. The highest BCUT2D eigenvalue weighted by Crippen LogP contribution is 2.49. The standard InChI is InChI=1S/C16H16F3N3O2/c1-21(14-7-8-20-22(14)2)15(23)13-9-12(13)10-3-5-11(6-4-10)24-16(17,18)19/h3-8,12-13H,9H2,1-2H3/t12-,13-/m1/s1. The fourth-order valence-corrected chi connectivity index (χ4v) is 2.81. The Balaban J connectivity index is 1.64.